The summed E-state index contributed by atoms with van der Waals surface area (Å²) in [5.74, 6) is 1.39. The minimum atomic E-state index is 0.416. The summed E-state index contributed by atoms with van der Waals surface area (Å²) in [4.78, 5) is 10.5. The molecule has 0 radical (unpaired) electrons. The van der Waals surface area contributed by atoms with Gasteiger partial charge in [-0.3, -0.25) is 0 Å². The number of rotatable bonds is 4. The molecule has 0 spiro atoms. The maximum absolute atomic E-state index is 5.10. The monoisotopic (exact) mass is 292 g/mol. The van der Waals surface area contributed by atoms with Gasteiger partial charge in [-0.15, -0.1) is 10.2 Å². The number of hydrogen-bond donors (Lipinski definition) is 1. The van der Waals surface area contributed by atoms with E-state index in [1.165, 1.54) is 6.33 Å². The molecule has 0 amide bonds. The summed E-state index contributed by atoms with van der Waals surface area (Å²) in [6.45, 7) is 1.96. The van der Waals surface area contributed by atoms with Crippen molar-refractivity contribution in [2.45, 2.75) is 18.9 Å². The van der Waals surface area contributed by atoms with Crippen molar-refractivity contribution in [3.8, 4) is 5.88 Å². The Bertz CT molecular complexity index is 541. The largest absolute Gasteiger partial charge is 0.481 e. The van der Waals surface area contributed by atoms with Crippen LogP contribution in [-0.2, 0) is 0 Å². The Kier molecular flexibility index (Phi) is 3.91. The topological polar surface area (TPSA) is 76.1 Å². The van der Waals surface area contributed by atoms with Gasteiger partial charge in [0.1, 0.15) is 17.7 Å². The van der Waals surface area contributed by atoms with Gasteiger partial charge in [-0.05, 0) is 12.8 Å². The van der Waals surface area contributed by atoms with E-state index in [9.17, 15) is 0 Å². The molecule has 0 aliphatic carbocycles. The SMILES string of the molecule is COc1cc(NC2CCN(c3nncs3)CC2)ncn1. The van der Waals surface area contributed by atoms with Crippen LogP contribution in [0.15, 0.2) is 17.9 Å². The summed E-state index contributed by atoms with van der Waals surface area (Å²) in [5, 5.41) is 12.4. The Morgan fingerprint density at radius 2 is 2.20 bits per heavy atom. The van der Waals surface area contributed by atoms with Gasteiger partial charge in [0, 0.05) is 25.2 Å². The predicted molar refractivity (Wildman–Crippen MR) is 77.4 cm³/mol. The molecule has 3 heterocycles. The van der Waals surface area contributed by atoms with E-state index in [0.717, 1.165) is 36.9 Å². The molecule has 1 aliphatic heterocycles. The van der Waals surface area contributed by atoms with Gasteiger partial charge < -0.3 is 15.0 Å². The van der Waals surface area contributed by atoms with E-state index < -0.39 is 0 Å². The first-order valence-electron chi connectivity index (χ1n) is 6.49. The Labute approximate surface area is 121 Å². The third-order valence-electron chi connectivity index (χ3n) is 3.32. The van der Waals surface area contributed by atoms with E-state index in [4.69, 9.17) is 4.74 Å². The Hall–Kier alpha value is -1.96. The van der Waals surface area contributed by atoms with E-state index in [2.05, 4.69) is 30.4 Å². The van der Waals surface area contributed by atoms with Crippen LogP contribution in [0.1, 0.15) is 12.8 Å². The predicted octanol–water partition coefficient (Wildman–Crippen LogP) is 1.42. The molecule has 2 aromatic heterocycles. The smallest absolute Gasteiger partial charge is 0.218 e. The number of anilines is 2. The molecule has 0 unspecified atom stereocenters. The summed E-state index contributed by atoms with van der Waals surface area (Å²) in [6.07, 6.45) is 3.61. The number of methoxy groups -OCH3 is 1. The van der Waals surface area contributed by atoms with E-state index in [0.29, 0.717) is 11.9 Å². The van der Waals surface area contributed by atoms with Crippen molar-refractivity contribution in [1.82, 2.24) is 20.2 Å². The molecule has 1 N–H and O–H groups in total. The number of piperidine rings is 1. The molecule has 0 bridgehead atoms. The highest BCUT2D eigenvalue weighted by Gasteiger charge is 2.21. The normalized spacial score (nSPS) is 16.1. The third-order valence-corrected chi connectivity index (χ3v) is 4.07. The molecule has 0 atom stereocenters. The lowest BCUT2D eigenvalue weighted by atomic mass is 10.1. The van der Waals surface area contributed by atoms with Gasteiger partial charge in [-0.1, -0.05) is 11.3 Å². The van der Waals surface area contributed by atoms with Gasteiger partial charge in [0.05, 0.1) is 7.11 Å². The summed E-state index contributed by atoms with van der Waals surface area (Å²) in [5.41, 5.74) is 1.77. The second-order valence-corrected chi connectivity index (χ2v) is 5.38. The highest BCUT2D eigenvalue weighted by atomic mass is 32.1. The zero-order valence-electron chi connectivity index (χ0n) is 11.2. The Morgan fingerprint density at radius 1 is 1.35 bits per heavy atom. The third kappa shape index (κ3) is 2.96. The maximum Gasteiger partial charge on any atom is 0.218 e. The van der Waals surface area contributed by atoms with Crippen LogP contribution in [-0.4, -0.2) is 46.4 Å². The number of nitrogens with one attached hydrogen (secondary N) is 1. The van der Waals surface area contributed by atoms with Crippen molar-refractivity contribution in [1.29, 1.82) is 0 Å². The Balaban J connectivity index is 1.55. The van der Waals surface area contributed by atoms with Gasteiger partial charge in [-0.2, -0.15) is 0 Å². The average molecular weight is 292 g/mol. The molecule has 8 heteroatoms. The molecule has 20 heavy (non-hydrogen) atoms. The molecule has 7 nitrogen and oxygen atoms in total. The van der Waals surface area contributed by atoms with Crippen molar-refractivity contribution < 1.29 is 4.74 Å². The average Bonchev–Trinajstić information content (AvgIpc) is 3.02. The van der Waals surface area contributed by atoms with Crippen LogP contribution in [0.5, 0.6) is 5.88 Å². The van der Waals surface area contributed by atoms with Crippen LogP contribution >= 0.6 is 11.3 Å². The zero-order valence-corrected chi connectivity index (χ0v) is 12.0. The van der Waals surface area contributed by atoms with E-state index in [1.807, 2.05) is 6.07 Å². The fourth-order valence-electron chi connectivity index (χ4n) is 2.26. The summed E-state index contributed by atoms with van der Waals surface area (Å²) in [6, 6.07) is 2.23. The van der Waals surface area contributed by atoms with E-state index >= 15 is 0 Å². The van der Waals surface area contributed by atoms with Crippen molar-refractivity contribution >= 4 is 22.3 Å². The first-order chi connectivity index (χ1) is 9.85. The van der Waals surface area contributed by atoms with Crippen LogP contribution in [0, 0.1) is 0 Å². The molecule has 1 fully saturated rings. The molecule has 3 rings (SSSR count). The standard InChI is InChI=1S/C12H16N6OS/c1-19-11-6-10(13-7-14-11)16-9-2-4-18(5-3-9)12-17-15-8-20-12/h6-9H,2-5H2,1H3,(H,13,14,16). The molecule has 0 aromatic carbocycles. The number of nitrogens with zero attached hydrogens (tertiary/aromatic N) is 5. The molecule has 0 saturated carbocycles. The fourth-order valence-corrected chi connectivity index (χ4v) is 2.87. The van der Waals surface area contributed by atoms with Gasteiger partial charge in [0.25, 0.3) is 0 Å². The van der Waals surface area contributed by atoms with Crippen molar-refractivity contribution in [2.75, 3.05) is 30.4 Å². The lowest BCUT2D eigenvalue weighted by molar-refractivity contribution is 0.397. The first kappa shape index (κ1) is 13.0. The maximum atomic E-state index is 5.10. The van der Waals surface area contributed by atoms with Crippen LogP contribution in [0.25, 0.3) is 0 Å². The first-order valence-corrected chi connectivity index (χ1v) is 7.37. The highest BCUT2D eigenvalue weighted by molar-refractivity contribution is 7.13. The van der Waals surface area contributed by atoms with E-state index in [-0.39, 0.29) is 0 Å². The molecule has 1 saturated heterocycles. The zero-order chi connectivity index (χ0) is 13.8. The highest BCUT2D eigenvalue weighted by Crippen LogP contribution is 2.22. The molecule has 1 aliphatic rings. The van der Waals surface area contributed by atoms with Gasteiger partial charge in [-0.25, -0.2) is 9.97 Å². The van der Waals surface area contributed by atoms with E-state index in [1.54, 1.807) is 24.0 Å². The number of ether oxygens (including phenoxy) is 1. The van der Waals surface area contributed by atoms with Crippen LogP contribution in [0.3, 0.4) is 0 Å². The van der Waals surface area contributed by atoms with Crippen molar-refractivity contribution in [2.24, 2.45) is 0 Å². The van der Waals surface area contributed by atoms with Gasteiger partial charge in [0.15, 0.2) is 0 Å². The molecular formula is C12H16N6OS. The minimum absolute atomic E-state index is 0.416. The van der Waals surface area contributed by atoms with Crippen LogP contribution in [0.4, 0.5) is 10.9 Å². The lowest BCUT2D eigenvalue weighted by Gasteiger charge is -2.32. The van der Waals surface area contributed by atoms with Crippen molar-refractivity contribution in [3.05, 3.63) is 17.9 Å². The number of aromatic nitrogens is 4. The van der Waals surface area contributed by atoms with Gasteiger partial charge >= 0.3 is 0 Å². The second-order valence-electron chi connectivity index (χ2n) is 4.57. The van der Waals surface area contributed by atoms with Crippen molar-refractivity contribution in [3.63, 3.8) is 0 Å². The van der Waals surface area contributed by atoms with Gasteiger partial charge in [0.2, 0.25) is 11.0 Å². The second kappa shape index (κ2) is 6.00. The molecule has 106 valence electrons. The quantitative estimate of drug-likeness (QED) is 0.913. The Morgan fingerprint density at radius 3 is 2.90 bits per heavy atom. The summed E-state index contributed by atoms with van der Waals surface area (Å²) in [7, 11) is 1.60. The number of hydrogen-bond acceptors (Lipinski definition) is 8. The lowest BCUT2D eigenvalue weighted by Crippen LogP contribution is -2.39. The summed E-state index contributed by atoms with van der Waals surface area (Å²) < 4.78 is 5.10. The molecular weight excluding hydrogens is 276 g/mol. The summed E-state index contributed by atoms with van der Waals surface area (Å²) >= 11 is 1.59. The van der Waals surface area contributed by atoms with Crippen LogP contribution < -0.4 is 15.0 Å². The molecule has 2 aromatic rings. The van der Waals surface area contributed by atoms with Crippen LogP contribution in [0.2, 0.25) is 0 Å². The fraction of sp³-hybridized carbons (Fsp3) is 0.500. The minimum Gasteiger partial charge on any atom is -0.481 e.